The number of halogens is 3. The number of aromatic nitrogens is 2. The molecule has 38 heavy (non-hydrogen) atoms. The fourth-order valence-corrected chi connectivity index (χ4v) is 6.24. The van der Waals surface area contributed by atoms with Gasteiger partial charge in [-0.15, -0.1) is 13.2 Å². The lowest BCUT2D eigenvalue weighted by Gasteiger charge is -2.44. The Bertz CT molecular complexity index is 1360. The van der Waals surface area contributed by atoms with Crippen molar-refractivity contribution in [3.05, 3.63) is 72.2 Å². The predicted octanol–water partition coefficient (Wildman–Crippen LogP) is 3.06. The summed E-state index contributed by atoms with van der Waals surface area (Å²) in [6, 6.07) is 9.98. The van der Waals surface area contributed by atoms with Gasteiger partial charge >= 0.3 is 6.36 Å². The molecule has 0 spiro atoms. The van der Waals surface area contributed by atoms with Crippen LogP contribution in [0.15, 0.2) is 66.0 Å². The molecular weight excluding hydrogens is 525 g/mol. The molecule has 2 aromatic carbocycles. The average Bonchev–Trinajstić information content (AvgIpc) is 3.05. The quantitative estimate of drug-likeness (QED) is 0.517. The van der Waals surface area contributed by atoms with E-state index in [1.807, 2.05) is 29.2 Å². The number of aryl methyl sites for hydroxylation is 2. The van der Waals surface area contributed by atoms with E-state index in [4.69, 9.17) is 4.74 Å². The standard InChI is InChI=1S/C25H25F3N4O5S/c1-31(38(34,35)19-10-8-18(9-11-19)37-25(26,27)28)21-13-36-14-22(23(21)33)32-20-5-3-2-4-16(20)6-7-17-12-29-15-30-24(17)32/h2-5,8-12,15,21-23,33H,6-7,13-14H2,1H3/t21-,22-,23-/m0/s1. The lowest BCUT2D eigenvalue weighted by atomic mass is 9.98. The normalized spacial score (nSPS) is 21.9. The number of sulfonamides is 1. The number of fused-ring (bicyclic) bond motifs is 2. The Morgan fingerprint density at radius 2 is 1.79 bits per heavy atom. The summed E-state index contributed by atoms with van der Waals surface area (Å²) in [6.45, 7) is 0.0432. The van der Waals surface area contributed by atoms with Crippen molar-refractivity contribution >= 4 is 21.5 Å². The number of para-hydroxylation sites is 1. The van der Waals surface area contributed by atoms with Crippen LogP contribution in [0.25, 0.3) is 0 Å². The lowest BCUT2D eigenvalue weighted by molar-refractivity contribution is -0.274. The maximum atomic E-state index is 13.4. The first-order valence-electron chi connectivity index (χ1n) is 11.8. The fraction of sp³-hybridized carbons (Fsp3) is 0.360. The number of aliphatic hydroxyl groups excluding tert-OH is 1. The van der Waals surface area contributed by atoms with Crippen LogP contribution >= 0.6 is 0 Å². The Morgan fingerprint density at radius 3 is 2.53 bits per heavy atom. The van der Waals surface area contributed by atoms with Crippen LogP contribution in [0.1, 0.15) is 11.1 Å². The first-order valence-corrected chi connectivity index (χ1v) is 13.3. The van der Waals surface area contributed by atoms with Gasteiger partial charge in [-0.3, -0.25) is 0 Å². The molecule has 3 aromatic rings. The van der Waals surface area contributed by atoms with E-state index in [1.54, 1.807) is 6.20 Å². The number of alkyl halides is 3. The molecule has 2 aliphatic heterocycles. The summed E-state index contributed by atoms with van der Waals surface area (Å²) < 4.78 is 74.8. The molecule has 0 saturated carbocycles. The minimum atomic E-state index is -4.90. The highest BCUT2D eigenvalue weighted by molar-refractivity contribution is 7.89. The Morgan fingerprint density at radius 1 is 1.08 bits per heavy atom. The molecule has 3 atom stereocenters. The molecule has 9 nitrogen and oxygen atoms in total. The summed E-state index contributed by atoms with van der Waals surface area (Å²) in [5.41, 5.74) is 2.77. The molecular formula is C25H25F3N4O5S. The zero-order chi connectivity index (χ0) is 27.1. The molecule has 5 rings (SSSR count). The minimum Gasteiger partial charge on any atom is -0.406 e. The molecule has 202 valence electrons. The summed E-state index contributed by atoms with van der Waals surface area (Å²) in [4.78, 5) is 10.3. The number of aliphatic hydroxyl groups is 1. The third-order valence-electron chi connectivity index (χ3n) is 6.81. The van der Waals surface area contributed by atoms with Gasteiger partial charge in [0.1, 0.15) is 17.9 Å². The maximum Gasteiger partial charge on any atom is 0.573 e. The summed E-state index contributed by atoms with van der Waals surface area (Å²) >= 11 is 0. The number of hydrogen-bond acceptors (Lipinski definition) is 8. The number of hydrogen-bond donors (Lipinski definition) is 1. The van der Waals surface area contributed by atoms with Crippen molar-refractivity contribution in [3.63, 3.8) is 0 Å². The first-order chi connectivity index (χ1) is 18.1. The van der Waals surface area contributed by atoms with E-state index in [-0.39, 0.29) is 18.1 Å². The molecule has 1 N–H and O–H groups in total. The first kappa shape index (κ1) is 26.4. The number of benzene rings is 2. The van der Waals surface area contributed by atoms with Gasteiger partial charge in [0, 0.05) is 24.5 Å². The Kier molecular flexibility index (Phi) is 7.03. The second-order valence-electron chi connectivity index (χ2n) is 9.07. The molecule has 0 aliphatic carbocycles. The van der Waals surface area contributed by atoms with Crippen LogP contribution in [0.2, 0.25) is 0 Å². The third-order valence-corrected chi connectivity index (χ3v) is 8.70. The molecule has 0 bridgehead atoms. The van der Waals surface area contributed by atoms with Gasteiger partial charge in [0.2, 0.25) is 10.0 Å². The van der Waals surface area contributed by atoms with E-state index < -0.39 is 40.3 Å². The van der Waals surface area contributed by atoms with Gasteiger partial charge in [0.15, 0.2) is 0 Å². The highest BCUT2D eigenvalue weighted by Crippen LogP contribution is 2.38. The molecule has 2 aliphatic rings. The van der Waals surface area contributed by atoms with E-state index in [0.29, 0.717) is 12.2 Å². The molecule has 13 heteroatoms. The maximum absolute atomic E-state index is 13.4. The molecule has 0 unspecified atom stereocenters. The van der Waals surface area contributed by atoms with Gasteiger partial charge in [0.05, 0.1) is 36.3 Å². The van der Waals surface area contributed by atoms with Crippen LogP contribution < -0.4 is 9.64 Å². The van der Waals surface area contributed by atoms with E-state index in [1.165, 1.54) is 13.4 Å². The summed E-state index contributed by atoms with van der Waals surface area (Å²) in [5, 5.41) is 11.6. The smallest absolute Gasteiger partial charge is 0.406 e. The minimum absolute atomic E-state index is 0.0746. The van der Waals surface area contributed by atoms with Crippen molar-refractivity contribution in [2.75, 3.05) is 25.2 Å². The molecule has 0 radical (unpaired) electrons. The van der Waals surface area contributed by atoms with Crippen molar-refractivity contribution < 1.29 is 36.2 Å². The molecule has 0 amide bonds. The van der Waals surface area contributed by atoms with E-state index >= 15 is 0 Å². The topological polar surface area (TPSA) is 105 Å². The second kappa shape index (κ2) is 10.1. The summed E-state index contributed by atoms with van der Waals surface area (Å²) in [5.74, 6) is 0.0738. The van der Waals surface area contributed by atoms with Crippen LogP contribution in [-0.2, 0) is 27.6 Å². The average molecular weight is 551 g/mol. The number of likely N-dealkylation sites (N-methyl/N-ethyl adjacent to an activating group) is 1. The SMILES string of the molecule is CN([C@H]1COC[C@H](N2c3ccccc3CCc3cncnc32)[C@H]1O)S(=O)(=O)c1ccc(OC(F)(F)F)cc1. The number of ether oxygens (including phenoxy) is 2. The van der Waals surface area contributed by atoms with Crippen LogP contribution in [-0.4, -0.2) is 72.6 Å². The zero-order valence-corrected chi connectivity index (χ0v) is 21.1. The highest BCUT2D eigenvalue weighted by atomic mass is 32.2. The van der Waals surface area contributed by atoms with Crippen LogP contribution in [0.4, 0.5) is 24.7 Å². The monoisotopic (exact) mass is 550 g/mol. The third kappa shape index (κ3) is 5.06. The summed E-state index contributed by atoms with van der Waals surface area (Å²) in [7, 11) is -2.89. The highest BCUT2D eigenvalue weighted by Gasteiger charge is 2.44. The fourth-order valence-electron chi connectivity index (χ4n) is 4.89. The van der Waals surface area contributed by atoms with Crippen LogP contribution in [0, 0.1) is 0 Å². The molecule has 3 heterocycles. The van der Waals surface area contributed by atoms with Crippen molar-refractivity contribution in [1.82, 2.24) is 14.3 Å². The Hall–Kier alpha value is -3.26. The van der Waals surface area contributed by atoms with Gasteiger partial charge in [-0.1, -0.05) is 18.2 Å². The van der Waals surface area contributed by atoms with Gasteiger partial charge in [-0.05, 0) is 48.7 Å². The van der Waals surface area contributed by atoms with Crippen LogP contribution in [0.3, 0.4) is 0 Å². The Balaban J connectivity index is 1.45. The molecule has 1 fully saturated rings. The van der Waals surface area contributed by atoms with Gasteiger partial charge < -0.3 is 19.5 Å². The number of anilines is 2. The van der Waals surface area contributed by atoms with Crippen LogP contribution in [0.5, 0.6) is 5.75 Å². The van der Waals surface area contributed by atoms with E-state index in [0.717, 1.165) is 51.8 Å². The number of nitrogens with zero attached hydrogens (tertiary/aromatic N) is 4. The largest absolute Gasteiger partial charge is 0.573 e. The van der Waals surface area contributed by atoms with Gasteiger partial charge in [0.25, 0.3) is 0 Å². The van der Waals surface area contributed by atoms with Crippen molar-refractivity contribution in [3.8, 4) is 5.75 Å². The van der Waals surface area contributed by atoms with Crippen molar-refractivity contribution in [1.29, 1.82) is 0 Å². The van der Waals surface area contributed by atoms with E-state index in [2.05, 4.69) is 14.7 Å². The van der Waals surface area contributed by atoms with Crippen molar-refractivity contribution in [2.24, 2.45) is 0 Å². The van der Waals surface area contributed by atoms with Gasteiger partial charge in [-0.25, -0.2) is 18.4 Å². The zero-order valence-electron chi connectivity index (χ0n) is 20.2. The molecule has 1 saturated heterocycles. The number of rotatable bonds is 5. The van der Waals surface area contributed by atoms with E-state index in [9.17, 15) is 26.7 Å². The van der Waals surface area contributed by atoms with Crippen molar-refractivity contribution in [2.45, 2.75) is 42.3 Å². The second-order valence-corrected chi connectivity index (χ2v) is 11.1. The summed E-state index contributed by atoms with van der Waals surface area (Å²) in [6.07, 6.45) is -1.49. The lowest BCUT2D eigenvalue weighted by Crippen LogP contribution is -2.60. The van der Waals surface area contributed by atoms with Gasteiger partial charge in [-0.2, -0.15) is 4.31 Å². The Labute approximate surface area is 217 Å². The predicted molar refractivity (Wildman–Crippen MR) is 130 cm³/mol. The molecule has 1 aromatic heterocycles.